The number of allylic oxidation sites excluding steroid dienone is 1. The Morgan fingerprint density at radius 3 is 2.40 bits per heavy atom. The van der Waals surface area contributed by atoms with E-state index in [0.717, 1.165) is 16.0 Å². The van der Waals surface area contributed by atoms with E-state index in [0.29, 0.717) is 0 Å². The second-order valence-electron chi connectivity index (χ2n) is 5.05. The fourth-order valence-electron chi connectivity index (χ4n) is 1.89. The van der Waals surface area contributed by atoms with E-state index in [2.05, 4.69) is 66.4 Å². The molecule has 1 nitrogen and oxygen atoms in total. The molecule has 2 rings (SSSR count). The zero-order valence-corrected chi connectivity index (χ0v) is 12.9. The van der Waals surface area contributed by atoms with Crippen LogP contribution in [0, 0.1) is 6.92 Å². The van der Waals surface area contributed by atoms with Gasteiger partial charge in [0.15, 0.2) is 0 Å². The molecule has 0 saturated carbocycles. The van der Waals surface area contributed by atoms with Gasteiger partial charge in [0.05, 0.1) is 0 Å². The number of aryl methyl sites for hydroxylation is 1. The van der Waals surface area contributed by atoms with Crippen molar-refractivity contribution in [1.82, 2.24) is 0 Å². The molecule has 2 aromatic carbocycles. The van der Waals surface area contributed by atoms with E-state index in [1.807, 2.05) is 20.2 Å². The largest absolute Gasteiger partial charge is 0.378 e. The first-order valence-electron chi connectivity index (χ1n) is 6.63. The summed E-state index contributed by atoms with van der Waals surface area (Å²) >= 11 is 5.45. The summed E-state index contributed by atoms with van der Waals surface area (Å²) in [6, 6.07) is 16.7. The summed E-state index contributed by atoms with van der Waals surface area (Å²) < 4.78 is 0. The normalized spacial score (nSPS) is 10.8. The molecule has 20 heavy (non-hydrogen) atoms. The molecule has 0 aliphatic carbocycles. The molecule has 0 aromatic heterocycles. The minimum Gasteiger partial charge on any atom is -0.378 e. The lowest BCUT2D eigenvalue weighted by atomic mass is 10.1. The van der Waals surface area contributed by atoms with Crippen LogP contribution >= 0.6 is 12.2 Å². The topological polar surface area (TPSA) is 3.24 Å². The predicted molar refractivity (Wildman–Crippen MR) is 92.7 cm³/mol. The number of rotatable bonds is 4. The van der Waals surface area contributed by atoms with Crippen molar-refractivity contribution >= 4 is 28.8 Å². The zero-order chi connectivity index (χ0) is 14.5. The van der Waals surface area contributed by atoms with Crippen molar-refractivity contribution in [3.63, 3.8) is 0 Å². The Morgan fingerprint density at radius 2 is 1.75 bits per heavy atom. The van der Waals surface area contributed by atoms with Crippen LogP contribution in [0.15, 0.2) is 54.6 Å². The highest BCUT2D eigenvalue weighted by Crippen LogP contribution is 2.15. The van der Waals surface area contributed by atoms with Gasteiger partial charge in [0.1, 0.15) is 0 Å². The smallest absolute Gasteiger partial charge is 0.0449 e. The van der Waals surface area contributed by atoms with Gasteiger partial charge >= 0.3 is 0 Å². The molecular formula is C18H19NS. The summed E-state index contributed by atoms with van der Waals surface area (Å²) in [5.41, 5.74) is 4.68. The Hall–Kier alpha value is -1.93. The first-order chi connectivity index (χ1) is 9.56. The molecule has 102 valence electrons. The Kier molecular flexibility index (Phi) is 4.70. The molecule has 0 spiro atoms. The number of hydrogen-bond acceptors (Lipinski definition) is 2. The van der Waals surface area contributed by atoms with Crippen molar-refractivity contribution in [1.29, 1.82) is 0 Å². The van der Waals surface area contributed by atoms with E-state index in [1.165, 1.54) is 11.3 Å². The SMILES string of the molecule is Cc1ccc(C(=S)C=Cc2cccc(N(C)C)c2)cc1. The Bertz CT molecular complexity index is 624. The molecular weight excluding hydrogens is 262 g/mol. The van der Waals surface area contributed by atoms with E-state index >= 15 is 0 Å². The molecule has 0 fully saturated rings. The third-order valence-corrected chi connectivity index (χ3v) is 3.52. The van der Waals surface area contributed by atoms with E-state index in [9.17, 15) is 0 Å². The van der Waals surface area contributed by atoms with Gasteiger partial charge in [-0.1, -0.05) is 60.3 Å². The lowest BCUT2D eigenvalue weighted by Crippen LogP contribution is -2.08. The third kappa shape index (κ3) is 3.78. The lowest BCUT2D eigenvalue weighted by molar-refractivity contribution is 1.13. The summed E-state index contributed by atoms with van der Waals surface area (Å²) in [7, 11) is 4.08. The summed E-state index contributed by atoms with van der Waals surface area (Å²) in [6.07, 6.45) is 4.06. The molecule has 2 heteroatoms. The summed E-state index contributed by atoms with van der Waals surface area (Å²) in [5.74, 6) is 0. The van der Waals surface area contributed by atoms with E-state index in [-0.39, 0.29) is 0 Å². The molecule has 0 unspecified atom stereocenters. The summed E-state index contributed by atoms with van der Waals surface area (Å²) in [5, 5.41) is 0. The molecule has 0 aliphatic heterocycles. The molecule has 0 atom stereocenters. The maximum atomic E-state index is 5.45. The zero-order valence-electron chi connectivity index (χ0n) is 12.1. The maximum absolute atomic E-state index is 5.45. The highest BCUT2D eigenvalue weighted by molar-refractivity contribution is 7.81. The van der Waals surface area contributed by atoms with Crippen molar-refractivity contribution in [3.05, 3.63) is 71.3 Å². The fraction of sp³-hybridized carbons (Fsp3) is 0.167. The molecule has 0 radical (unpaired) electrons. The van der Waals surface area contributed by atoms with Crippen molar-refractivity contribution < 1.29 is 0 Å². The van der Waals surface area contributed by atoms with Crippen molar-refractivity contribution in [2.75, 3.05) is 19.0 Å². The van der Waals surface area contributed by atoms with Crippen LogP contribution in [0.2, 0.25) is 0 Å². The number of anilines is 1. The minimum atomic E-state index is 0.861. The van der Waals surface area contributed by atoms with Gasteiger partial charge in [0.2, 0.25) is 0 Å². The first-order valence-corrected chi connectivity index (χ1v) is 7.03. The maximum Gasteiger partial charge on any atom is 0.0449 e. The van der Waals surface area contributed by atoms with Gasteiger partial charge in [-0.3, -0.25) is 0 Å². The van der Waals surface area contributed by atoms with Crippen LogP contribution in [0.1, 0.15) is 16.7 Å². The van der Waals surface area contributed by atoms with Gasteiger partial charge in [-0.15, -0.1) is 0 Å². The fourth-order valence-corrected chi connectivity index (χ4v) is 2.10. The van der Waals surface area contributed by atoms with Crippen molar-refractivity contribution in [3.8, 4) is 0 Å². The molecule has 0 N–H and O–H groups in total. The van der Waals surface area contributed by atoms with E-state index in [4.69, 9.17) is 12.2 Å². The van der Waals surface area contributed by atoms with Crippen LogP contribution in [0.4, 0.5) is 5.69 Å². The molecule has 0 aliphatic rings. The van der Waals surface area contributed by atoms with Gasteiger partial charge in [-0.2, -0.15) is 0 Å². The van der Waals surface area contributed by atoms with Crippen molar-refractivity contribution in [2.45, 2.75) is 6.92 Å². The number of benzene rings is 2. The average molecular weight is 281 g/mol. The number of nitrogens with zero attached hydrogens (tertiary/aromatic N) is 1. The van der Waals surface area contributed by atoms with Gasteiger partial charge < -0.3 is 4.90 Å². The van der Waals surface area contributed by atoms with Crippen LogP contribution in [-0.2, 0) is 0 Å². The Morgan fingerprint density at radius 1 is 1.05 bits per heavy atom. The van der Waals surface area contributed by atoms with Gasteiger partial charge in [0.25, 0.3) is 0 Å². The molecule has 0 amide bonds. The van der Waals surface area contributed by atoms with Crippen molar-refractivity contribution in [2.24, 2.45) is 0 Å². The summed E-state index contributed by atoms with van der Waals surface area (Å²) in [6.45, 7) is 2.08. The van der Waals surface area contributed by atoms with Crippen LogP contribution in [0.25, 0.3) is 6.08 Å². The Labute approximate surface area is 126 Å². The van der Waals surface area contributed by atoms with Crippen LogP contribution < -0.4 is 4.90 Å². The highest BCUT2D eigenvalue weighted by Gasteiger charge is 1.98. The first kappa shape index (κ1) is 14.5. The highest BCUT2D eigenvalue weighted by atomic mass is 32.1. The number of hydrogen-bond donors (Lipinski definition) is 0. The molecule has 0 saturated heterocycles. The Balaban J connectivity index is 2.14. The van der Waals surface area contributed by atoms with Gasteiger partial charge in [0, 0.05) is 24.6 Å². The monoisotopic (exact) mass is 281 g/mol. The second-order valence-corrected chi connectivity index (χ2v) is 5.49. The van der Waals surface area contributed by atoms with Crippen LogP contribution in [0.5, 0.6) is 0 Å². The predicted octanol–water partition coefficient (Wildman–Crippen LogP) is 4.49. The molecule has 2 aromatic rings. The summed E-state index contributed by atoms with van der Waals surface area (Å²) in [4.78, 5) is 2.95. The van der Waals surface area contributed by atoms with Gasteiger partial charge in [-0.25, -0.2) is 0 Å². The van der Waals surface area contributed by atoms with E-state index < -0.39 is 0 Å². The quantitative estimate of drug-likeness (QED) is 0.461. The second kappa shape index (κ2) is 6.49. The van der Waals surface area contributed by atoms with E-state index in [1.54, 1.807) is 0 Å². The average Bonchev–Trinajstić information content (AvgIpc) is 2.46. The standard InChI is InChI=1S/C18H19NS/c1-14-7-10-16(11-8-14)18(20)12-9-15-5-4-6-17(13-15)19(2)3/h4-13H,1-3H3. The molecule has 0 bridgehead atoms. The van der Waals surface area contributed by atoms with Crippen LogP contribution in [0.3, 0.4) is 0 Å². The lowest BCUT2D eigenvalue weighted by Gasteiger charge is -2.12. The minimum absolute atomic E-state index is 0.861. The number of thiocarbonyl (C=S) groups is 1. The van der Waals surface area contributed by atoms with Crippen LogP contribution in [-0.4, -0.2) is 19.0 Å². The molecule has 0 heterocycles. The third-order valence-electron chi connectivity index (χ3n) is 3.15. The van der Waals surface area contributed by atoms with Gasteiger partial charge in [-0.05, 0) is 36.3 Å².